The summed E-state index contributed by atoms with van der Waals surface area (Å²) in [6, 6.07) is 2.74. The first kappa shape index (κ1) is 13.5. The van der Waals surface area contributed by atoms with Crippen LogP contribution in [0.25, 0.3) is 0 Å². The summed E-state index contributed by atoms with van der Waals surface area (Å²) in [5.41, 5.74) is 5.50. The van der Waals surface area contributed by atoms with Crippen LogP contribution in [-0.4, -0.2) is 46.9 Å². The number of aromatic nitrogens is 1. The normalized spacial score (nSPS) is 23.4. The van der Waals surface area contributed by atoms with Crippen molar-refractivity contribution in [3.05, 3.63) is 22.2 Å². The maximum atomic E-state index is 11.0. The number of anilines is 2. The van der Waals surface area contributed by atoms with Crippen molar-refractivity contribution >= 4 is 17.3 Å². The second-order valence-electron chi connectivity index (χ2n) is 4.49. The van der Waals surface area contributed by atoms with Crippen molar-refractivity contribution < 1.29 is 14.8 Å². The Bertz CT molecular complexity index is 482. The highest BCUT2D eigenvalue weighted by Gasteiger charge is 2.30. The molecule has 2 unspecified atom stereocenters. The molecular weight excluding hydrogens is 252 g/mol. The van der Waals surface area contributed by atoms with Crippen LogP contribution in [0, 0.1) is 10.1 Å². The van der Waals surface area contributed by atoms with Crippen molar-refractivity contribution in [3.8, 4) is 0 Å². The highest BCUT2D eigenvalue weighted by molar-refractivity contribution is 5.61. The molecule has 1 saturated heterocycles. The van der Waals surface area contributed by atoms with Crippen molar-refractivity contribution in [2.75, 3.05) is 30.3 Å². The summed E-state index contributed by atoms with van der Waals surface area (Å²) >= 11 is 0. The van der Waals surface area contributed by atoms with Gasteiger partial charge in [-0.1, -0.05) is 0 Å². The highest BCUT2D eigenvalue weighted by Crippen LogP contribution is 2.29. The maximum Gasteiger partial charge on any atom is 0.311 e. The van der Waals surface area contributed by atoms with Crippen molar-refractivity contribution in [2.24, 2.45) is 0 Å². The van der Waals surface area contributed by atoms with Gasteiger partial charge in [0, 0.05) is 19.2 Å². The first-order chi connectivity index (χ1) is 9.01. The molecule has 2 rings (SSSR count). The lowest BCUT2D eigenvalue weighted by atomic mass is 10.2. The van der Waals surface area contributed by atoms with E-state index >= 15 is 0 Å². The molecule has 19 heavy (non-hydrogen) atoms. The van der Waals surface area contributed by atoms with Gasteiger partial charge in [-0.15, -0.1) is 0 Å². The van der Waals surface area contributed by atoms with E-state index in [1.54, 1.807) is 4.90 Å². The first-order valence-electron chi connectivity index (χ1n) is 5.93. The maximum absolute atomic E-state index is 11.0. The number of aliphatic hydroxyl groups excluding tert-OH is 1. The van der Waals surface area contributed by atoms with Crippen LogP contribution < -0.4 is 10.6 Å². The average Bonchev–Trinajstić information content (AvgIpc) is 2.37. The minimum absolute atomic E-state index is 0.0972. The highest BCUT2D eigenvalue weighted by atomic mass is 16.6. The van der Waals surface area contributed by atoms with Crippen LogP contribution in [-0.2, 0) is 4.74 Å². The average molecular weight is 268 g/mol. The zero-order chi connectivity index (χ0) is 14.0. The van der Waals surface area contributed by atoms with E-state index in [4.69, 9.17) is 10.5 Å². The molecule has 1 aliphatic heterocycles. The van der Waals surface area contributed by atoms with Crippen LogP contribution in [0.4, 0.5) is 17.3 Å². The lowest BCUT2D eigenvalue weighted by Crippen LogP contribution is -2.48. The van der Waals surface area contributed by atoms with Gasteiger partial charge in [-0.25, -0.2) is 4.98 Å². The number of morpholine rings is 1. The van der Waals surface area contributed by atoms with E-state index < -0.39 is 4.92 Å². The van der Waals surface area contributed by atoms with E-state index in [-0.39, 0.29) is 36.1 Å². The minimum atomic E-state index is -0.490. The lowest BCUT2D eigenvalue weighted by molar-refractivity contribution is -0.384. The van der Waals surface area contributed by atoms with Crippen LogP contribution in [0.2, 0.25) is 0 Å². The van der Waals surface area contributed by atoms with Gasteiger partial charge in [0.05, 0.1) is 23.7 Å². The summed E-state index contributed by atoms with van der Waals surface area (Å²) in [5.74, 6) is 0.443. The van der Waals surface area contributed by atoms with Crippen LogP contribution in [0.1, 0.15) is 6.92 Å². The van der Waals surface area contributed by atoms with Gasteiger partial charge < -0.3 is 20.5 Å². The Morgan fingerprint density at radius 1 is 1.63 bits per heavy atom. The molecule has 0 saturated carbocycles. The molecule has 1 fully saturated rings. The van der Waals surface area contributed by atoms with Crippen LogP contribution in [0.5, 0.6) is 0 Å². The van der Waals surface area contributed by atoms with Gasteiger partial charge >= 0.3 is 5.69 Å². The van der Waals surface area contributed by atoms with E-state index in [0.717, 1.165) is 0 Å². The molecule has 8 heteroatoms. The molecular formula is C11H16N4O4. The van der Waals surface area contributed by atoms with Gasteiger partial charge in [-0.2, -0.15) is 0 Å². The fourth-order valence-corrected chi connectivity index (χ4v) is 2.15. The van der Waals surface area contributed by atoms with Crippen LogP contribution in [0.3, 0.4) is 0 Å². The Morgan fingerprint density at radius 2 is 2.37 bits per heavy atom. The van der Waals surface area contributed by atoms with Crippen LogP contribution >= 0.6 is 0 Å². The Labute approximate surface area is 109 Å². The van der Waals surface area contributed by atoms with Gasteiger partial charge in [0.15, 0.2) is 0 Å². The number of nitro groups is 1. The SMILES string of the molecule is CC1CN(c2nc(N)ccc2[N+](=O)[O-])CC(CO)O1. The van der Waals surface area contributed by atoms with Crippen LogP contribution in [0.15, 0.2) is 12.1 Å². The Hall–Kier alpha value is -1.93. The number of nitrogens with two attached hydrogens (primary N) is 1. The van der Waals surface area contributed by atoms with E-state index in [1.165, 1.54) is 12.1 Å². The van der Waals surface area contributed by atoms with E-state index in [1.807, 2.05) is 6.92 Å². The summed E-state index contributed by atoms with van der Waals surface area (Å²) < 4.78 is 5.50. The molecule has 0 amide bonds. The summed E-state index contributed by atoms with van der Waals surface area (Å²) in [5, 5.41) is 20.2. The molecule has 0 aromatic carbocycles. The monoisotopic (exact) mass is 268 g/mol. The third-order valence-electron chi connectivity index (χ3n) is 2.90. The predicted molar refractivity (Wildman–Crippen MR) is 68.9 cm³/mol. The Morgan fingerprint density at radius 3 is 3.00 bits per heavy atom. The fraction of sp³-hybridized carbons (Fsp3) is 0.545. The number of pyridine rings is 1. The van der Waals surface area contributed by atoms with Crippen molar-refractivity contribution in [1.29, 1.82) is 0 Å². The molecule has 2 atom stereocenters. The Kier molecular flexibility index (Phi) is 3.82. The van der Waals surface area contributed by atoms with Gasteiger partial charge in [-0.05, 0) is 13.0 Å². The topological polar surface area (TPSA) is 115 Å². The zero-order valence-electron chi connectivity index (χ0n) is 10.5. The molecule has 0 radical (unpaired) electrons. The third kappa shape index (κ3) is 2.91. The molecule has 1 aromatic rings. The number of nitrogens with zero attached hydrogens (tertiary/aromatic N) is 3. The second kappa shape index (κ2) is 5.37. The number of ether oxygens (including phenoxy) is 1. The fourth-order valence-electron chi connectivity index (χ4n) is 2.15. The molecule has 1 aromatic heterocycles. The minimum Gasteiger partial charge on any atom is -0.394 e. The molecule has 8 nitrogen and oxygen atoms in total. The molecule has 0 bridgehead atoms. The van der Waals surface area contributed by atoms with E-state index in [9.17, 15) is 15.2 Å². The number of rotatable bonds is 3. The summed E-state index contributed by atoms with van der Waals surface area (Å²) in [7, 11) is 0. The molecule has 0 aliphatic carbocycles. The van der Waals surface area contributed by atoms with Crippen molar-refractivity contribution in [2.45, 2.75) is 19.1 Å². The first-order valence-corrected chi connectivity index (χ1v) is 5.93. The number of aliphatic hydroxyl groups is 1. The molecule has 0 spiro atoms. The number of hydrogen-bond donors (Lipinski definition) is 2. The predicted octanol–water partition coefficient (Wildman–Crippen LogP) is 0.158. The number of hydrogen-bond acceptors (Lipinski definition) is 7. The third-order valence-corrected chi connectivity index (χ3v) is 2.90. The largest absolute Gasteiger partial charge is 0.394 e. The quantitative estimate of drug-likeness (QED) is 0.592. The Balaban J connectivity index is 2.34. The van der Waals surface area contributed by atoms with Gasteiger partial charge in [0.2, 0.25) is 5.82 Å². The van der Waals surface area contributed by atoms with Crippen molar-refractivity contribution in [3.63, 3.8) is 0 Å². The lowest BCUT2D eigenvalue weighted by Gasteiger charge is -2.36. The van der Waals surface area contributed by atoms with Crippen molar-refractivity contribution in [1.82, 2.24) is 4.98 Å². The van der Waals surface area contributed by atoms with E-state index in [2.05, 4.69) is 4.98 Å². The summed E-state index contributed by atoms with van der Waals surface area (Å²) in [4.78, 5) is 16.3. The molecule has 2 heterocycles. The molecule has 1 aliphatic rings. The van der Waals surface area contributed by atoms with E-state index in [0.29, 0.717) is 13.1 Å². The van der Waals surface area contributed by atoms with Gasteiger partial charge in [0.25, 0.3) is 0 Å². The summed E-state index contributed by atoms with van der Waals surface area (Å²) in [6.45, 7) is 2.51. The zero-order valence-corrected chi connectivity index (χ0v) is 10.5. The summed E-state index contributed by atoms with van der Waals surface area (Å²) in [6.07, 6.45) is -0.527. The smallest absolute Gasteiger partial charge is 0.311 e. The number of nitrogen functional groups attached to an aromatic ring is 1. The van der Waals surface area contributed by atoms with Gasteiger partial charge in [-0.3, -0.25) is 10.1 Å². The standard InChI is InChI=1S/C11H16N4O4/c1-7-4-14(5-8(6-16)19-7)11-9(15(17)18)2-3-10(12)13-11/h2-3,7-8,16H,4-6H2,1H3,(H2,12,13). The molecule has 104 valence electrons. The molecule has 3 N–H and O–H groups in total. The van der Waals surface area contributed by atoms with Gasteiger partial charge in [0.1, 0.15) is 5.82 Å². The second-order valence-corrected chi connectivity index (χ2v) is 4.49.